The van der Waals surface area contributed by atoms with Crippen LogP contribution in [-0.2, 0) is 4.74 Å². The van der Waals surface area contributed by atoms with E-state index in [1.165, 1.54) is 7.11 Å². The quantitative estimate of drug-likeness (QED) is 0.669. The van der Waals surface area contributed by atoms with Gasteiger partial charge in [0, 0.05) is 17.8 Å². The molecule has 0 atom stereocenters. The van der Waals surface area contributed by atoms with Crippen molar-refractivity contribution in [3.8, 4) is 5.69 Å². The Morgan fingerprint density at radius 1 is 1.30 bits per heavy atom. The fourth-order valence-corrected chi connectivity index (χ4v) is 2.35. The lowest BCUT2D eigenvalue weighted by Crippen LogP contribution is -2.00. The fourth-order valence-electron chi connectivity index (χ4n) is 2.35. The number of pyridine rings is 1. The van der Waals surface area contributed by atoms with Crippen molar-refractivity contribution < 1.29 is 9.53 Å². The van der Waals surface area contributed by atoms with Crippen molar-refractivity contribution in [1.29, 1.82) is 0 Å². The van der Waals surface area contributed by atoms with Crippen molar-refractivity contribution in [3.05, 3.63) is 60.0 Å². The summed E-state index contributed by atoms with van der Waals surface area (Å²) in [5, 5.41) is 1.04. The molecule has 0 aliphatic heterocycles. The molecule has 0 spiro atoms. The first-order valence-electron chi connectivity index (χ1n) is 6.31. The Morgan fingerprint density at radius 2 is 2.15 bits per heavy atom. The van der Waals surface area contributed by atoms with Crippen LogP contribution in [0.2, 0.25) is 0 Å². The van der Waals surface area contributed by atoms with E-state index in [0.717, 1.165) is 22.2 Å². The van der Waals surface area contributed by atoms with Gasteiger partial charge in [-0.1, -0.05) is 0 Å². The van der Waals surface area contributed by atoms with E-state index in [9.17, 15) is 4.79 Å². The minimum Gasteiger partial charge on any atom is -0.465 e. The highest BCUT2D eigenvalue weighted by molar-refractivity contribution is 5.96. The van der Waals surface area contributed by atoms with E-state index in [4.69, 9.17) is 4.74 Å². The summed E-state index contributed by atoms with van der Waals surface area (Å²) in [6.45, 7) is 2.02. The van der Waals surface area contributed by atoms with Gasteiger partial charge in [-0.15, -0.1) is 0 Å². The highest BCUT2D eigenvalue weighted by atomic mass is 16.5. The van der Waals surface area contributed by atoms with E-state index >= 15 is 0 Å². The number of esters is 1. The van der Waals surface area contributed by atoms with Crippen molar-refractivity contribution in [2.45, 2.75) is 6.92 Å². The second-order valence-corrected chi connectivity index (χ2v) is 4.62. The van der Waals surface area contributed by atoms with Crippen molar-refractivity contribution in [1.82, 2.24) is 9.55 Å². The number of hydrogen-bond donors (Lipinski definition) is 0. The van der Waals surface area contributed by atoms with Crippen LogP contribution in [0.4, 0.5) is 0 Å². The van der Waals surface area contributed by atoms with Gasteiger partial charge in [-0.3, -0.25) is 4.98 Å². The molecule has 0 radical (unpaired) electrons. The molecule has 2 heterocycles. The predicted molar refractivity (Wildman–Crippen MR) is 77.1 cm³/mol. The normalized spacial score (nSPS) is 10.7. The molecule has 100 valence electrons. The van der Waals surface area contributed by atoms with Crippen LogP contribution in [0.5, 0.6) is 0 Å². The van der Waals surface area contributed by atoms with Gasteiger partial charge in [0.2, 0.25) is 0 Å². The average molecular weight is 266 g/mol. The molecule has 1 aromatic carbocycles. The number of rotatable bonds is 2. The van der Waals surface area contributed by atoms with E-state index in [1.807, 2.05) is 43.6 Å². The third-order valence-corrected chi connectivity index (χ3v) is 3.35. The van der Waals surface area contributed by atoms with Crippen molar-refractivity contribution in [2.24, 2.45) is 0 Å². The summed E-state index contributed by atoms with van der Waals surface area (Å²) in [6, 6.07) is 9.48. The van der Waals surface area contributed by atoms with Gasteiger partial charge in [0.05, 0.1) is 30.1 Å². The second-order valence-electron chi connectivity index (χ2n) is 4.62. The Morgan fingerprint density at radius 3 is 2.85 bits per heavy atom. The second kappa shape index (κ2) is 4.81. The largest absolute Gasteiger partial charge is 0.465 e. The topological polar surface area (TPSA) is 44.1 Å². The lowest BCUT2D eigenvalue weighted by atomic mass is 10.1. The number of ether oxygens (including phenoxy) is 1. The van der Waals surface area contributed by atoms with Crippen LogP contribution >= 0.6 is 0 Å². The summed E-state index contributed by atoms with van der Waals surface area (Å²) in [5.74, 6) is -0.319. The molecule has 0 aliphatic rings. The average Bonchev–Trinajstić information content (AvgIpc) is 2.84. The zero-order valence-electron chi connectivity index (χ0n) is 11.3. The smallest absolute Gasteiger partial charge is 0.337 e. The molecule has 0 fully saturated rings. The fraction of sp³-hybridized carbons (Fsp3) is 0.125. The highest BCUT2D eigenvalue weighted by Crippen LogP contribution is 2.25. The van der Waals surface area contributed by atoms with Gasteiger partial charge in [0.15, 0.2) is 0 Å². The third kappa shape index (κ3) is 1.95. The molecule has 4 nitrogen and oxygen atoms in total. The molecular weight excluding hydrogens is 252 g/mol. The van der Waals surface area contributed by atoms with Crippen LogP contribution in [0.25, 0.3) is 16.6 Å². The van der Waals surface area contributed by atoms with Crippen LogP contribution in [0.15, 0.2) is 48.9 Å². The summed E-state index contributed by atoms with van der Waals surface area (Å²) in [4.78, 5) is 15.7. The molecule has 3 aromatic rings. The molecule has 2 aromatic heterocycles. The SMILES string of the molecule is COC(=O)c1ccc2c(c1)c(C)cn2-c1cccnc1. The molecular formula is C16H14N2O2. The zero-order chi connectivity index (χ0) is 14.1. The molecule has 0 N–H and O–H groups in total. The molecule has 0 aliphatic carbocycles. The number of methoxy groups -OCH3 is 1. The number of benzene rings is 1. The van der Waals surface area contributed by atoms with Gasteiger partial charge >= 0.3 is 5.97 Å². The first-order chi connectivity index (χ1) is 9.70. The molecule has 4 heteroatoms. The zero-order valence-corrected chi connectivity index (χ0v) is 11.3. The van der Waals surface area contributed by atoms with Crippen molar-refractivity contribution in [2.75, 3.05) is 7.11 Å². The van der Waals surface area contributed by atoms with Crippen LogP contribution in [0, 0.1) is 6.92 Å². The summed E-state index contributed by atoms with van der Waals surface area (Å²) < 4.78 is 6.83. The van der Waals surface area contributed by atoms with Gasteiger partial charge in [0.1, 0.15) is 0 Å². The van der Waals surface area contributed by atoms with Gasteiger partial charge in [0.25, 0.3) is 0 Å². The molecule has 3 rings (SSSR count). The van der Waals surface area contributed by atoms with Crippen molar-refractivity contribution in [3.63, 3.8) is 0 Å². The number of nitrogens with zero attached hydrogens (tertiary/aromatic N) is 2. The first-order valence-corrected chi connectivity index (χ1v) is 6.31. The number of aromatic nitrogens is 2. The number of hydrogen-bond acceptors (Lipinski definition) is 3. The number of fused-ring (bicyclic) bond motifs is 1. The molecule has 0 unspecified atom stereocenters. The minimum absolute atomic E-state index is 0.319. The number of carbonyl (C=O) groups is 1. The van der Waals surface area contributed by atoms with Gasteiger partial charge in [-0.25, -0.2) is 4.79 Å². The lowest BCUT2D eigenvalue weighted by Gasteiger charge is -2.05. The van der Waals surface area contributed by atoms with Gasteiger partial charge in [-0.2, -0.15) is 0 Å². The molecule has 0 saturated carbocycles. The first kappa shape index (κ1) is 12.4. The minimum atomic E-state index is -0.319. The Balaban J connectivity index is 2.20. The molecule has 0 bridgehead atoms. The van der Waals surface area contributed by atoms with E-state index in [1.54, 1.807) is 12.3 Å². The Hall–Kier alpha value is -2.62. The summed E-state index contributed by atoms with van der Waals surface area (Å²) in [5.41, 5.74) is 3.71. The van der Waals surface area contributed by atoms with Gasteiger partial charge in [-0.05, 0) is 42.8 Å². The Labute approximate surface area is 116 Å². The third-order valence-electron chi connectivity index (χ3n) is 3.35. The van der Waals surface area contributed by atoms with Crippen molar-refractivity contribution >= 4 is 16.9 Å². The summed E-state index contributed by atoms with van der Waals surface area (Å²) >= 11 is 0. The van der Waals surface area contributed by atoms with E-state index in [-0.39, 0.29) is 5.97 Å². The van der Waals surface area contributed by atoms with Crippen LogP contribution in [0.3, 0.4) is 0 Å². The van der Waals surface area contributed by atoms with E-state index in [0.29, 0.717) is 5.56 Å². The summed E-state index contributed by atoms with van der Waals surface area (Å²) in [7, 11) is 1.39. The van der Waals surface area contributed by atoms with Gasteiger partial charge < -0.3 is 9.30 Å². The monoisotopic (exact) mass is 266 g/mol. The van der Waals surface area contributed by atoms with Crippen LogP contribution < -0.4 is 0 Å². The maximum absolute atomic E-state index is 11.6. The maximum atomic E-state index is 11.6. The Bertz CT molecular complexity index is 776. The van der Waals surface area contributed by atoms with Crippen LogP contribution in [-0.4, -0.2) is 22.6 Å². The lowest BCUT2D eigenvalue weighted by molar-refractivity contribution is 0.0601. The molecule has 0 amide bonds. The van der Waals surface area contributed by atoms with Crippen LogP contribution in [0.1, 0.15) is 15.9 Å². The Kier molecular flexibility index (Phi) is 2.99. The summed E-state index contributed by atoms with van der Waals surface area (Å²) in [6.07, 6.45) is 5.60. The predicted octanol–water partition coefficient (Wildman–Crippen LogP) is 3.12. The number of carbonyl (C=O) groups excluding carboxylic acids is 1. The van der Waals surface area contributed by atoms with E-state index < -0.39 is 0 Å². The van der Waals surface area contributed by atoms with E-state index in [2.05, 4.69) is 9.55 Å². The number of aryl methyl sites for hydroxylation is 1. The standard InChI is InChI=1S/C16H14N2O2/c1-11-10-18(13-4-3-7-17-9-13)15-6-5-12(8-14(11)15)16(19)20-2/h3-10H,1-2H3. The highest BCUT2D eigenvalue weighted by Gasteiger charge is 2.11. The molecule has 0 saturated heterocycles. The maximum Gasteiger partial charge on any atom is 0.337 e. The molecule has 20 heavy (non-hydrogen) atoms.